The summed E-state index contributed by atoms with van der Waals surface area (Å²) in [6.07, 6.45) is 9.94. The van der Waals surface area contributed by atoms with Crippen LogP contribution in [0.2, 0.25) is 0 Å². The van der Waals surface area contributed by atoms with E-state index in [1.807, 2.05) is 27.7 Å². The first-order valence-electron chi connectivity index (χ1n) is 31.1. The Morgan fingerprint density at radius 1 is 0.640 bits per heavy atom. The second-order valence-corrected chi connectivity index (χ2v) is 28.3. The standard InChI is InChI=1S/C41H60N6O9.C22H36N2O6/c1-40(2,3)56-39(54)45-32(26-16-12-9-13-17-26)38(53)47-23-29-27(21-41(4,5)55-29)33(47)35(50)43-28(20-24-18-19-24)34(49)36(51)42-22-30(48)44-31(37(52)46(6)7)25-14-10-8-11-15-25;1-21(2,3)30-20(28)23-16(13-9-7-6-8-10-13)18(25)24-12-15-14(17(24)19(26)27)11-22(4,5)29-15/h8,10-11,14-15,24,26-29,31-33H,9,12-13,16-23H2,1-7H3,(H,42,51)(H,43,50)(H,44,48)(H,45,54);13-17H,6-12H2,1-5H3,(H,23,28)(H,26,27)/t27?,28?,29?,31-,32-,33-;14?,15?,16-,17-/m00/s1. The molecule has 7 aliphatic rings. The van der Waals surface area contributed by atoms with Gasteiger partial charge in [-0.15, -0.1) is 0 Å². The molecule has 4 aliphatic heterocycles. The van der Waals surface area contributed by atoms with Gasteiger partial charge in [-0.25, -0.2) is 14.4 Å². The summed E-state index contributed by atoms with van der Waals surface area (Å²) >= 11 is 0. The third-order valence-electron chi connectivity index (χ3n) is 17.5. The van der Waals surface area contributed by atoms with E-state index in [1.54, 1.807) is 86.0 Å². The van der Waals surface area contributed by atoms with Gasteiger partial charge >= 0.3 is 18.2 Å². The molecule has 3 aliphatic carbocycles. The predicted molar refractivity (Wildman–Crippen MR) is 316 cm³/mol. The number of carboxylic acids is 1. The number of aliphatic carboxylic acids is 1. The quantitative estimate of drug-likeness (QED) is 0.0960. The molecule has 8 amide bonds. The molecule has 1 aromatic carbocycles. The van der Waals surface area contributed by atoms with E-state index in [1.165, 1.54) is 14.7 Å². The third-order valence-corrected chi connectivity index (χ3v) is 17.5. The summed E-state index contributed by atoms with van der Waals surface area (Å²) in [6, 6.07) is 2.79. The first kappa shape index (κ1) is 67.2. The number of hydrogen-bond acceptors (Lipinski definition) is 14. The van der Waals surface area contributed by atoms with Crippen molar-refractivity contribution in [1.29, 1.82) is 0 Å². The topological polar surface area (TPSA) is 298 Å². The first-order valence-corrected chi connectivity index (χ1v) is 31.1. The Morgan fingerprint density at radius 3 is 1.52 bits per heavy atom. The molecule has 4 saturated heterocycles. The minimum absolute atomic E-state index is 0.0222. The van der Waals surface area contributed by atoms with Gasteiger partial charge in [0.05, 0.1) is 36.0 Å². The van der Waals surface area contributed by atoms with Crippen LogP contribution in [0, 0.1) is 29.6 Å². The molecule has 3 saturated carbocycles. The van der Waals surface area contributed by atoms with E-state index < -0.39 is 119 Å². The summed E-state index contributed by atoms with van der Waals surface area (Å²) in [4.78, 5) is 137. The number of likely N-dealkylation sites (tertiary alicyclic amines) is 2. The molecule has 23 nitrogen and oxygen atoms in total. The fraction of sp³-hybridized carbons (Fsp3) is 0.746. The van der Waals surface area contributed by atoms with Gasteiger partial charge in [-0.3, -0.25) is 33.6 Å². The molecular formula is C63H96N8O15. The highest BCUT2D eigenvalue weighted by molar-refractivity contribution is 6.38. The number of likely N-dealkylation sites (N-methyl/N-ethyl adjacent to an activating group) is 1. The number of rotatable bonds is 18. The van der Waals surface area contributed by atoms with E-state index in [-0.39, 0.29) is 67.0 Å². The zero-order chi connectivity index (χ0) is 63.2. The lowest BCUT2D eigenvalue weighted by atomic mass is 9.83. The summed E-state index contributed by atoms with van der Waals surface area (Å²) < 4.78 is 23.3. The molecule has 0 spiro atoms. The minimum atomic E-state index is -1.20. The van der Waals surface area contributed by atoms with Gasteiger partial charge in [-0.05, 0) is 138 Å². The lowest BCUT2D eigenvalue weighted by Crippen LogP contribution is -2.59. The Bertz CT molecular complexity index is 2640. The number of hydrogen-bond donors (Lipinski definition) is 6. The molecule has 86 heavy (non-hydrogen) atoms. The monoisotopic (exact) mass is 1200 g/mol. The highest BCUT2D eigenvalue weighted by atomic mass is 16.6. The zero-order valence-electron chi connectivity index (χ0n) is 52.6. The Balaban J connectivity index is 0.000000296. The van der Waals surface area contributed by atoms with E-state index in [2.05, 4.69) is 26.6 Å². The summed E-state index contributed by atoms with van der Waals surface area (Å²) in [7, 11) is 3.13. The summed E-state index contributed by atoms with van der Waals surface area (Å²) in [6.45, 7) is 18.1. The Morgan fingerprint density at radius 2 is 1.09 bits per heavy atom. The van der Waals surface area contributed by atoms with Crippen molar-refractivity contribution < 1.29 is 72.0 Å². The molecule has 0 bridgehead atoms. The van der Waals surface area contributed by atoms with Crippen LogP contribution in [0.5, 0.6) is 0 Å². The van der Waals surface area contributed by atoms with E-state index in [9.17, 15) is 53.1 Å². The summed E-state index contributed by atoms with van der Waals surface area (Å²) in [5.41, 5.74) is -1.86. The normalized spacial score (nSPS) is 25.7. The molecule has 1 aromatic rings. The molecule has 8 rings (SSSR count). The van der Waals surface area contributed by atoms with Crippen molar-refractivity contribution >= 4 is 59.4 Å². The number of fused-ring (bicyclic) bond motifs is 2. The number of benzene rings is 1. The van der Waals surface area contributed by atoms with Gasteiger partial charge in [-0.2, -0.15) is 0 Å². The number of Topliss-reactive ketones (excluding diaryl/α,β-unsaturated/α-hetero) is 1. The van der Waals surface area contributed by atoms with Crippen LogP contribution in [0.25, 0.3) is 0 Å². The van der Waals surface area contributed by atoms with E-state index >= 15 is 0 Å². The molecule has 10 atom stereocenters. The Kier molecular flexibility index (Phi) is 21.7. The lowest BCUT2D eigenvalue weighted by Gasteiger charge is -2.36. The van der Waals surface area contributed by atoms with E-state index in [0.29, 0.717) is 18.4 Å². The maximum absolute atomic E-state index is 14.6. The molecule has 0 radical (unpaired) electrons. The maximum Gasteiger partial charge on any atom is 0.408 e. The van der Waals surface area contributed by atoms with Gasteiger partial charge in [-0.1, -0.05) is 81.7 Å². The van der Waals surface area contributed by atoms with Crippen LogP contribution in [0.1, 0.15) is 177 Å². The van der Waals surface area contributed by atoms with Gasteiger partial charge in [0.25, 0.3) is 5.91 Å². The molecule has 5 unspecified atom stereocenters. The summed E-state index contributed by atoms with van der Waals surface area (Å²) in [5.74, 6) is -6.04. The lowest BCUT2D eigenvalue weighted by molar-refractivity contribution is -0.151. The highest BCUT2D eigenvalue weighted by Crippen LogP contribution is 2.45. The van der Waals surface area contributed by atoms with Crippen LogP contribution < -0.4 is 26.6 Å². The van der Waals surface area contributed by atoms with Crippen LogP contribution in [0.3, 0.4) is 0 Å². The van der Waals surface area contributed by atoms with Crippen LogP contribution >= 0.6 is 0 Å². The number of carbonyl (C=O) groups excluding carboxylic acids is 9. The van der Waals surface area contributed by atoms with Crippen molar-refractivity contribution in [2.45, 2.75) is 236 Å². The smallest absolute Gasteiger partial charge is 0.408 e. The van der Waals surface area contributed by atoms with Crippen molar-refractivity contribution in [3.63, 3.8) is 0 Å². The molecule has 7 fully saturated rings. The number of nitrogens with one attached hydrogen (secondary N) is 5. The summed E-state index contributed by atoms with van der Waals surface area (Å²) in [5, 5.41) is 23.4. The number of ether oxygens (including phenoxy) is 4. The van der Waals surface area contributed by atoms with Crippen LogP contribution in [0.15, 0.2) is 30.3 Å². The average Bonchev–Trinajstić information content (AvgIpc) is 1.79. The number of carboxylic acid groups (broad SMARTS) is 1. The Labute approximate surface area is 506 Å². The number of alkyl carbamates (subject to hydrolysis) is 2. The molecule has 23 heteroatoms. The first-order chi connectivity index (χ1) is 40.2. The van der Waals surface area contributed by atoms with Crippen molar-refractivity contribution in [1.82, 2.24) is 41.3 Å². The fourth-order valence-electron chi connectivity index (χ4n) is 13.6. The average molecular weight is 1210 g/mol. The van der Waals surface area contributed by atoms with Crippen molar-refractivity contribution in [2.24, 2.45) is 29.6 Å². The third kappa shape index (κ3) is 17.9. The predicted octanol–water partition coefficient (Wildman–Crippen LogP) is 5.71. The largest absolute Gasteiger partial charge is 0.480 e. The van der Waals surface area contributed by atoms with Crippen molar-refractivity contribution in [2.75, 3.05) is 33.7 Å². The number of carbonyl (C=O) groups is 10. The van der Waals surface area contributed by atoms with Gasteiger partial charge in [0.15, 0.2) is 0 Å². The molecule has 6 N–H and O–H groups in total. The van der Waals surface area contributed by atoms with Crippen molar-refractivity contribution in [3.05, 3.63) is 35.9 Å². The zero-order valence-corrected chi connectivity index (χ0v) is 52.6. The molecular weight excluding hydrogens is 1110 g/mol. The van der Waals surface area contributed by atoms with Crippen LogP contribution in [-0.4, -0.2) is 178 Å². The maximum atomic E-state index is 14.6. The van der Waals surface area contributed by atoms with Crippen LogP contribution in [-0.2, 0) is 57.3 Å². The molecule has 4 heterocycles. The fourth-order valence-corrected chi connectivity index (χ4v) is 13.6. The minimum Gasteiger partial charge on any atom is -0.480 e. The van der Waals surface area contributed by atoms with Gasteiger partial charge in [0.2, 0.25) is 35.3 Å². The van der Waals surface area contributed by atoms with E-state index in [4.69, 9.17) is 18.9 Å². The van der Waals surface area contributed by atoms with Gasteiger partial charge in [0.1, 0.15) is 41.4 Å². The Hall–Kier alpha value is -6.36. The number of nitrogens with zero attached hydrogens (tertiary/aromatic N) is 3. The SMILES string of the molecule is CC(C)(C)OC(=O)N[C@H](C(=O)N1CC2OC(C)(C)CC2[C@H]1C(=O)O)C1CCCCC1.CN(C)C(=O)[C@@H](NC(=O)CNC(=O)C(=O)C(CC1CC1)NC(=O)[C@@H]1C2CC(C)(C)OC2CN1C(=O)[C@@H](NC(=O)OC(C)(C)C)C1CCCCC1)c1ccccc1. The second-order valence-electron chi connectivity index (χ2n) is 28.3. The van der Waals surface area contributed by atoms with Crippen molar-refractivity contribution in [3.8, 4) is 0 Å². The molecule has 0 aromatic heterocycles. The second kappa shape index (κ2) is 27.8. The van der Waals surface area contributed by atoms with Gasteiger partial charge < -0.3 is 65.3 Å². The van der Waals surface area contributed by atoms with Crippen LogP contribution in [0.4, 0.5) is 9.59 Å². The van der Waals surface area contributed by atoms with E-state index in [0.717, 1.165) is 77.0 Å². The van der Waals surface area contributed by atoms with Gasteiger partial charge in [0, 0.05) is 39.0 Å². The number of ketones is 1. The molecule has 478 valence electrons. The highest BCUT2D eigenvalue weighted by Gasteiger charge is 2.58. The number of amides is 8.